The maximum absolute atomic E-state index is 13.3. The Morgan fingerprint density at radius 2 is 1.91 bits per heavy atom. The van der Waals surface area contributed by atoms with Crippen molar-refractivity contribution in [3.63, 3.8) is 0 Å². The summed E-state index contributed by atoms with van der Waals surface area (Å²) in [5.41, 5.74) is 1.57. The molecule has 1 aliphatic rings. The molecule has 0 spiro atoms. The van der Waals surface area contributed by atoms with Crippen molar-refractivity contribution in [3.8, 4) is 0 Å². The maximum Gasteiger partial charge on any atom is 0.290 e. The van der Waals surface area contributed by atoms with E-state index < -0.39 is 5.41 Å². The topological polar surface area (TPSA) is 113 Å². The van der Waals surface area contributed by atoms with E-state index in [0.29, 0.717) is 26.1 Å². The van der Waals surface area contributed by atoms with E-state index in [9.17, 15) is 4.79 Å². The molecule has 0 bridgehead atoms. The lowest BCUT2D eigenvalue weighted by Crippen LogP contribution is -2.65. The van der Waals surface area contributed by atoms with Gasteiger partial charge in [-0.15, -0.1) is 5.10 Å². The number of anilines is 1. The lowest BCUT2D eigenvalue weighted by molar-refractivity contribution is -0.133. The third kappa shape index (κ3) is 5.69. The first kappa shape index (κ1) is 22.9. The second-order valence-corrected chi connectivity index (χ2v) is 8.04. The van der Waals surface area contributed by atoms with Crippen LogP contribution in [0.1, 0.15) is 18.2 Å². The number of benzene rings is 1. The summed E-state index contributed by atoms with van der Waals surface area (Å²) in [5, 5.41) is 22.7. The van der Waals surface area contributed by atoms with Gasteiger partial charge in [-0.2, -0.15) is 10.2 Å². The van der Waals surface area contributed by atoms with Crippen LogP contribution in [0.4, 0.5) is 5.82 Å². The van der Waals surface area contributed by atoms with Crippen LogP contribution in [0.5, 0.6) is 0 Å². The molecule has 4 rings (SSSR count). The predicted octanol–water partition coefficient (Wildman–Crippen LogP) is 1.94. The predicted molar refractivity (Wildman–Crippen MR) is 120 cm³/mol. The van der Waals surface area contributed by atoms with Crippen LogP contribution >= 0.6 is 0 Å². The Morgan fingerprint density at radius 1 is 1.19 bits per heavy atom. The SMILES string of the molecule is Cc1ccc(N2CC(Cc3ccccc3)(C(=O)NC(C)Cn3cccn3)C2)nn1.O=CO. The smallest absolute Gasteiger partial charge is 0.290 e. The quantitative estimate of drug-likeness (QED) is 0.544. The molecule has 0 aliphatic carbocycles. The Hall–Kier alpha value is -3.75. The highest BCUT2D eigenvalue weighted by Crippen LogP contribution is 2.37. The normalized spacial score (nSPS) is 15.0. The second-order valence-electron chi connectivity index (χ2n) is 8.04. The second kappa shape index (κ2) is 10.5. The number of rotatable bonds is 7. The van der Waals surface area contributed by atoms with Crippen LogP contribution in [0.25, 0.3) is 0 Å². The van der Waals surface area contributed by atoms with E-state index in [-0.39, 0.29) is 18.4 Å². The van der Waals surface area contributed by atoms with Crippen molar-refractivity contribution in [2.24, 2.45) is 5.41 Å². The molecule has 3 heterocycles. The number of hydrogen-bond acceptors (Lipinski definition) is 6. The zero-order chi connectivity index (χ0) is 23.0. The molecular weight excluding hydrogens is 408 g/mol. The minimum atomic E-state index is -0.480. The van der Waals surface area contributed by atoms with Crippen LogP contribution in [0.2, 0.25) is 0 Å². The largest absolute Gasteiger partial charge is 0.483 e. The molecule has 1 fully saturated rings. The highest BCUT2D eigenvalue weighted by Gasteiger charge is 2.50. The maximum atomic E-state index is 13.3. The standard InChI is InChI=1S/C22H26N6O.CH2O2/c1-17-9-10-20(26-25-17)27-15-22(16-27,13-19-7-4-3-5-8-19)21(29)24-18(2)14-28-12-6-11-23-28;2-1-3/h3-12,18H,13-16H2,1-2H3,(H,24,29);1H,(H,2,3). The molecule has 1 amide bonds. The molecule has 1 aliphatic heterocycles. The lowest BCUT2D eigenvalue weighted by Gasteiger charge is -2.49. The zero-order valence-electron chi connectivity index (χ0n) is 18.3. The van der Waals surface area contributed by atoms with Crippen LogP contribution in [0.15, 0.2) is 60.9 Å². The van der Waals surface area contributed by atoms with Crippen molar-refractivity contribution in [2.45, 2.75) is 32.9 Å². The zero-order valence-corrected chi connectivity index (χ0v) is 18.3. The Bertz CT molecular complexity index is 986. The molecular formula is C23H28N6O3. The Morgan fingerprint density at radius 3 is 2.50 bits per heavy atom. The molecule has 1 unspecified atom stereocenters. The van der Waals surface area contributed by atoms with Crippen molar-refractivity contribution in [1.82, 2.24) is 25.3 Å². The van der Waals surface area contributed by atoms with Crippen molar-refractivity contribution in [2.75, 3.05) is 18.0 Å². The Kier molecular flexibility index (Phi) is 7.54. The lowest BCUT2D eigenvalue weighted by atomic mass is 9.73. The molecule has 0 radical (unpaired) electrons. The van der Waals surface area contributed by atoms with Crippen molar-refractivity contribution >= 4 is 18.2 Å². The monoisotopic (exact) mass is 436 g/mol. The number of aromatic nitrogens is 4. The molecule has 2 N–H and O–H groups in total. The van der Waals surface area contributed by atoms with Gasteiger partial charge in [0.2, 0.25) is 5.91 Å². The number of nitrogens with zero attached hydrogens (tertiary/aromatic N) is 5. The minimum Gasteiger partial charge on any atom is -0.483 e. The summed E-state index contributed by atoms with van der Waals surface area (Å²) in [6, 6.07) is 16.0. The van der Waals surface area contributed by atoms with Crippen LogP contribution < -0.4 is 10.2 Å². The summed E-state index contributed by atoms with van der Waals surface area (Å²) >= 11 is 0. The third-order valence-corrected chi connectivity index (χ3v) is 5.36. The number of amides is 1. The van der Waals surface area contributed by atoms with Crippen LogP contribution in [0.3, 0.4) is 0 Å². The van der Waals surface area contributed by atoms with Crippen LogP contribution in [-0.4, -0.2) is 56.6 Å². The fourth-order valence-corrected chi connectivity index (χ4v) is 3.84. The summed E-state index contributed by atoms with van der Waals surface area (Å²) in [4.78, 5) is 23.8. The summed E-state index contributed by atoms with van der Waals surface area (Å²) in [6.07, 6.45) is 4.35. The fourth-order valence-electron chi connectivity index (χ4n) is 3.84. The molecule has 1 saturated heterocycles. The van der Waals surface area contributed by atoms with E-state index in [1.165, 1.54) is 0 Å². The Balaban J connectivity index is 0.000000913. The first-order chi connectivity index (χ1) is 15.5. The van der Waals surface area contributed by atoms with E-state index in [1.54, 1.807) is 6.20 Å². The van der Waals surface area contributed by atoms with E-state index >= 15 is 0 Å². The van der Waals surface area contributed by atoms with E-state index in [0.717, 1.165) is 17.1 Å². The summed E-state index contributed by atoms with van der Waals surface area (Å²) in [7, 11) is 0. The molecule has 9 heteroatoms. The summed E-state index contributed by atoms with van der Waals surface area (Å²) < 4.78 is 1.84. The number of carboxylic acid groups (broad SMARTS) is 1. The molecule has 9 nitrogen and oxygen atoms in total. The molecule has 3 aromatic rings. The highest BCUT2D eigenvalue weighted by atomic mass is 16.3. The molecule has 2 aromatic heterocycles. The number of nitrogens with one attached hydrogen (secondary N) is 1. The van der Waals surface area contributed by atoms with Gasteiger partial charge in [0.15, 0.2) is 5.82 Å². The van der Waals surface area contributed by atoms with Gasteiger partial charge in [0.1, 0.15) is 0 Å². The van der Waals surface area contributed by atoms with Gasteiger partial charge in [-0.3, -0.25) is 14.3 Å². The fraction of sp³-hybridized carbons (Fsp3) is 0.348. The van der Waals surface area contributed by atoms with E-state index in [2.05, 4.69) is 37.6 Å². The van der Waals surface area contributed by atoms with Crippen molar-refractivity contribution in [1.29, 1.82) is 0 Å². The van der Waals surface area contributed by atoms with Gasteiger partial charge in [0, 0.05) is 31.5 Å². The van der Waals surface area contributed by atoms with Gasteiger partial charge in [0.05, 0.1) is 17.7 Å². The van der Waals surface area contributed by atoms with Gasteiger partial charge in [-0.05, 0) is 44.0 Å². The number of carbonyl (C=O) groups excluding carboxylic acids is 1. The van der Waals surface area contributed by atoms with Crippen LogP contribution in [0, 0.1) is 12.3 Å². The average molecular weight is 437 g/mol. The highest BCUT2D eigenvalue weighted by molar-refractivity contribution is 5.86. The van der Waals surface area contributed by atoms with Gasteiger partial charge >= 0.3 is 0 Å². The number of aryl methyl sites for hydroxylation is 1. The number of hydrogen-bond donors (Lipinski definition) is 2. The van der Waals surface area contributed by atoms with E-state index in [1.807, 2.05) is 61.1 Å². The molecule has 1 aromatic carbocycles. The van der Waals surface area contributed by atoms with Gasteiger partial charge in [0.25, 0.3) is 6.47 Å². The van der Waals surface area contributed by atoms with E-state index in [4.69, 9.17) is 9.90 Å². The molecule has 168 valence electrons. The average Bonchev–Trinajstić information content (AvgIpc) is 3.25. The molecule has 1 atom stereocenters. The summed E-state index contributed by atoms with van der Waals surface area (Å²) in [6.45, 7) is 5.58. The van der Waals surface area contributed by atoms with Crippen molar-refractivity contribution in [3.05, 3.63) is 72.2 Å². The Labute approximate surface area is 187 Å². The van der Waals surface area contributed by atoms with Gasteiger partial charge in [-0.25, -0.2) is 0 Å². The van der Waals surface area contributed by atoms with Crippen molar-refractivity contribution < 1.29 is 14.7 Å². The molecule has 32 heavy (non-hydrogen) atoms. The van der Waals surface area contributed by atoms with Gasteiger partial charge < -0.3 is 15.3 Å². The van der Waals surface area contributed by atoms with Gasteiger partial charge in [-0.1, -0.05) is 30.3 Å². The number of carbonyl (C=O) groups is 2. The third-order valence-electron chi connectivity index (χ3n) is 5.36. The summed E-state index contributed by atoms with van der Waals surface area (Å²) in [5.74, 6) is 0.897. The first-order valence-electron chi connectivity index (χ1n) is 10.4. The minimum absolute atomic E-state index is 0.0109. The first-order valence-corrected chi connectivity index (χ1v) is 10.4. The van der Waals surface area contributed by atoms with Crippen LogP contribution in [-0.2, 0) is 22.6 Å². The molecule has 0 saturated carbocycles.